The number of likely N-dealkylation sites (tertiary alicyclic amines) is 1. The summed E-state index contributed by atoms with van der Waals surface area (Å²) in [6.07, 6.45) is 4.38. The van der Waals surface area contributed by atoms with E-state index in [-0.39, 0.29) is 17.4 Å². The van der Waals surface area contributed by atoms with E-state index in [2.05, 4.69) is 23.2 Å². The Labute approximate surface area is 165 Å². The second kappa shape index (κ2) is 8.71. The number of nitrogens with one attached hydrogen (secondary N) is 1. The summed E-state index contributed by atoms with van der Waals surface area (Å²) in [5, 5.41) is 2.60. The smallest absolute Gasteiger partial charge is 0.263 e. The van der Waals surface area contributed by atoms with Crippen LogP contribution in [0.1, 0.15) is 52.7 Å². The van der Waals surface area contributed by atoms with E-state index in [1.54, 1.807) is 30.3 Å². The molecule has 27 heavy (non-hydrogen) atoms. The summed E-state index contributed by atoms with van der Waals surface area (Å²) in [5.41, 5.74) is 1.07. The molecule has 7 heteroatoms. The molecule has 1 fully saturated rings. The minimum atomic E-state index is -0.207. The normalized spacial score (nSPS) is 18.9. The molecule has 0 bridgehead atoms. The van der Waals surface area contributed by atoms with Gasteiger partial charge in [0.15, 0.2) is 0 Å². The third-order valence-electron chi connectivity index (χ3n) is 5.69. The summed E-state index contributed by atoms with van der Waals surface area (Å²) in [5.74, 6) is -0.0526. The lowest BCUT2D eigenvalue weighted by Crippen LogP contribution is -2.46. The Kier molecular flexibility index (Phi) is 6.55. The Balaban J connectivity index is 1.72. The molecule has 2 aliphatic heterocycles. The van der Waals surface area contributed by atoms with Gasteiger partial charge in [-0.1, -0.05) is 6.92 Å². The predicted molar refractivity (Wildman–Crippen MR) is 107 cm³/mol. The highest BCUT2D eigenvalue weighted by Gasteiger charge is 2.42. The molecule has 0 atom stereocenters. The van der Waals surface area contributed by atoms with E-state index >= 15 is 0 Å². The quantitative estimate of drug-likeness (QED) is 0.805. The van der Waals surface area contributed by atoms with Gasteiger partial charge in [-0.15, -0.1) is 11.3 Å². The molecule has 2 aliphatic rings. The third-order valence-corrected chi connectivity index (χ3v) is 7.04. The number of carbonyl (C=O) groups is 2. The molecule has 1 aromatic heterocycles. The zero-order valence-electron chi connectivity index (χ0n) is 16.7. The van der Waals surface area contributed by atoms with Crippen LogP contribution in [0.5, 0.6) is 0 Å². The lowest BCUT2D eigenvalue weighted by molar-refractivity contribution is -0.120. The molecule has 3 heterocycles. The molecular weight excluding hydrogens is 362 g/mol. The summed E-state index contributed by atoms with van der Waals surface area (Å²) in [6, 6.07) is 2.06. The largest absolute Gasteiger partial charge is 0.369 e. The van der Waals surface area contributed by atoms with Crippen molar-refractivity contribution in [1.82, 2.24) is 15.1 Å². The van der Waals surface area contributed by atoms with Gasteiger partial charge in [-0.25, -0.2) is 0 Å². The molecule has 1 spiro atoms. The first-order valence-electron chi connectivity index (χ1n) is 9.94. The van der Waals surface area contributed by atoms with E-state index in [1.165, 1.54) is 16.9 Å². The second-order valence-electron chi connectivity index (χ2n) is 7.55. The highest BCUT2D eigenvalue weighted by molar-refractivity contribution is 7.14. The maximum atomic E-state index is 12.8. The Morgan fingerprint density at radius 3 is 2.78 bits per heavy atom. The fourth-order valence-electron chi connectivity index (χ4n) is 4.04. The van der Waals surface area contributed by atoms with Crippen LogP contribution in [-0.2, 0) is 21.6 Å². The van der Waals surface area contributed by atoms with Gasteiger partial charge in [-0.2, -0.15) is 0 Å². The van der Waals surface area contributed by atoms with Crippen molar-refractivity contribution in [3.05, 3.63) is 21.4 Å². The summed E-state index contributed by atoms with van der Waals surface area (Å²) in [6.45, 7) is 6.64. The molecule has 0 unspecified atom stereocenters. The van der Waals surface area contributed by atoms with Gasteiger partial charge in [0.1, 0.15) is 5.60 Å². The first kappa shape index (κ1) is 20.3. The number of fused-ring (bicyclic) bond motifs is 2. The SMILES string of the molecule is CCCN1CCC2(CC1)OCCc1cc(C(=O)N(C)CCC(=O)NC)sc12. The summed E-state index contributed by atoms with van der Waals surface area (Å²) < 4.78 is 6.31. The van der Waals surface area contributed by atoms with Crippen molar-refractivity contribution in [1.29, 1.82) is 0 Å². The first-order valence-corrected chi connectivity index (χ1v) is 10.8. The summed E-state index contributed by atoms with van der Waals surface area (Å²) in [4.78, 5) is 30.4. The molecule has 3 rings (SSSR count). The monoisotopic (exact) mass is 393 g/mol. The number of carbonyl (C=O) groups excluding carboxylic acids is 2. The van der Waals surface area contributed by atoms with E-state index in [0.29, 0.717) is 13.0 Å². The van der Waals surface area contributed by atoms with Crippen molar-refractivity contribution >= 4 is 23.2 Å². The van der Waals surface area contributed by atoms with E-state index in [0.717, 1.165) is 50.4 Å². The topological polar surface area (TPSA) is 61.9 Å². The number of nitrogens with zero attached hydrogens (tertiary/aromatic N) is 2. The maximum Gasteiger partial charge on any atom is 0.263 e. The zero-order chi connectivity index (χ0) is 19.4. The molecule has 0 radical (unpaired) electrons. The third kappa shape index (κ3) is 4.36. The lowest BCUT2D eigenvalue weighted by Gasteiger charge is -2.43. The average molecular weight is 394 g/mol. The number of piperidine rings is 1. The molecule has 1 N–H and O–H groups in total. The van der Waals surface area contributed by atoms with Crippen LogP contribution in [0.25, 0.3) is 0 Å². The molecule has 1 aromatic rings. The van der Waals surface area contributed by atoms with Crippen LogP contribution >= 0.6 is 11.3 Å². The van der Waals surface area contributed by atoms with E-state index in [9.17, 15) is 9.59 Å². The predicted octanol–water partition coefficient (Wildman–Crippen LogP) is 2.23. The fourth-order valence-corrected chi connectivity index (χ4v) is 5.44. The molecule has 150 valence electrons. The van der Waals surface area contributed by atoms with E-state index in [4.69, 9.17) is 4.74 Å². The van der Waals surface area contributed by atoms with Crippen LogP contribution in [0, 0.1) is 0 Å². The van der Waals surface area contributed by atoms with Gasteiger partial charge in [-0.3, -0.25) is 9.59 Å². The van der Waals surface area contributed by atoms with Gasteiger partial charge in [0.2, 0.25) is 5.91 Å². The Hall–Kier alpha value is -1.44. The molecular formula is C20H31N3O3S. The molecule has 2 amide bonds. The number of hydrogen-bond donors (Lipinski definition) is 1. The van der Waals surface area contributed by atoms with Crippen molar-refractivity contribution < 1.29 is 14.3 Å². The number of amides is 2. The molecule has 0 aliphatic carbocycles. The van der Waals surface area contributed by atoms with Crippen LogP contribution < -0.4 is 5.32 Å². The second-order valence-corrected chi connectivity index (χ2v) is 8.60. The van der Waals surface area contributed by atoms with Gasteiger partial charge in [0, 0.05) is 45.0 Å². The molecule has 0 aromatic carbocycles. The number of rotatable bonds is 6. The van der Waals surface area contributed by atoms with E-state index in [1.807, 2.05) is 0 Å². The highest BCUT2D eigenvalue weighted by Crippen LogP contribution is 2.45. The van der Waals surface area contributed by atoms with Crippen molar-refractivity contribution in [3.8, 4) is 0 Å². The maximum absolute atomic E-state index is 12.8. The van der Waals surface area contributed by atoms with Gasteiger partial charge in [-0.05, 0) is 43.9 Å². The first-order chi connectivity index (χ1) is 13.0. The molecule has 1 saturated heterocycles. The number of ether oxygens (including phenoxy) is 1. The van der Waals surface area contributed by atoms with Gasteiger partial charge < -0.3 is 19.9 Å². The van der Waals surface area contributed by atoms with Crippen molar-refractivity contribution in [2.75, 3.05) is 46.9 Å². The van der Waals surface area contributed by atoms with Crippen LogP contribution in [0.15, 0.2) is 6.07 Å². The summed E-state index contributed by atoms with van der Waals surface area (Å²) >= 11 is 1.60. The zero-order valence-corrected chi connectivity index (χ0v) is 17.5. The van der Waals surface area contributed by atoms with Crippen LogP contribution in [-0.4, -0.2) is 68.5 Å². The van der Waals surface area contributed by atoms with Crippen molar-refractivity contribution in [2.45, 2.75) is 44.6 Å². The highest BCUT2D eigenvalue weighted by atomic mass is 32.1. The number of thiophene rings is 1. The molecule has 0 saturated carbocycles. The lowest BCUT2D eigenvalue weighted by atomic mass is 9.85. The summed E-state index contributed by atoms with van der Waals surface area (Å²) in [7, 11) is 3.38. The van der Waals surface area contributed by atoms with Crippen LogP contribution in [0.4, 0.5) is 0 Å². The fraction of sp³-hybridized carbons (Fsp3) is 0.700. The number of hydrogen-bond acceptors (Lipinski definition) is 5. The van der Waals surface area contributed by atoms with Crippen molar-refractivity contribution in [3.63, 3.8) is 0 Å². The Morgan fingerprint density at radius 1 is 1.37 bits per heavy atom. The van der Waals surface area contributed by atoms with Crippen LogP contribution in [0.3, 0.4) is 0 Å². The Morgan fingerprint density at radius 2 is 2.11 bits per heavy atom. The van der Waals surface area contributed by atoms with Gasteiger partial charge in [0.05, 0.1) is 11.5 Å². The van der Waals surface area contributed by atoms with Crippen LogP contribution in [0.2, 0.25) is 0 Å². The Bertz CT molecular complexity index is 680. The van der Waals surface area contributed by atoms with Gasteiger partial charge >= 0.3 is 0 Å². The van der Waals surface area contributed by atoms with Gasteiger partial charge in [0.25, 0.3) is 5.91 Å². The average Bonchev–Trinajstić information content (AvgIpc) is 3.13. The minimum Gasteiger partial charge on any atom is -0.369 e. The standard InChI is InChI=1S/C20H31N3O3S/c1-4-9-23-11-7-20(8-12-23)18-15(6-13-26-20)14-16(27-18)19(25)22(3)10-5-17(24)21-2/h14H,4-13H2,1-3H3,(H,21,24). The van der Waals surface area contributed by atoms with E-state index < -0.39 is 0 Å². The molecule has 6 nitrogen and oxygen atoms in total. The minimum absolute atomic E-state index is 0.00290. The van der Waals surface area contributed by atoms with Crippen molar-refractivity contribution in [2.24, 2.45) is 0 Å².